The van der Waals surface area contributed by atoms with Crippen LogP contribution in [0.2, 0.25) is 0 Å². The number of ether oxygens (including phenoxy) is 1. The normalized spacial score (nSPS) is 13.4. The van der Waals surface area contributed by atoms with E-state index in [1.54, 1.807) is 17.0 Å². The summed E-state index contributed by atoms with van der Waals surface area (Å²) in [5.74, 6) is 0.640. The maximum absolute atomic E-state index is 12.6. The number of carbonyl (C=O) groups excluding carboxylic acids is 2. The molecule has 0 radical (unpaired) electrons. The fourth-order valence-electron chi connectivity index (χ4n) is 3.76. The van der Waals surface area contributed by atoms with Crippen LogP contribution in [0, 0.1) is 0 Å². The summed E-state index contributed by atoms with van der Waals surface area (Å²) < 4.78 is 10.9. The van der Waals surface area contributed by atoms with E-state index in [2.05, 4.69) is 26.1 Å². The van der Waals surface area contributed by atoms with Gasteiger partial charge in [-0.2, -0.15) is 0 Å². The Hall–Kier alpha value is -3.54. The lowest BCUT2D eigenvalue weighted by Gasteiger charge is -2.28. The molecular weight excluding hydrogens is 404 g/mol. The monoisotopic (exact) mass is 432 g/mol. The molecular formula is C26H28N2O4. The lowest BCUT2D eigenvalue weighted by atomic mass is 9.87. The molecule has 0 saturated heterocycles. The summed E-state index contributed by atoms with van der Waals surface area (Å²) in [7, 11) is 0. The van der Waals surface area contributed by atoms with E-state index in [9.17, 15) is 9.59 Å². The zero-order valence-corrected chi connectivity index (χ0v) is 18.7. The molecule has 4 rings (SSSR count). The van der Waals surface area contributed by atoms with E-state index in [-0.39, 0.29) is 23.8 Å². The summed E-state index contributed by atoms with van der Waals surface area (Å²) in [6.07, 6.45) is 2.27. The summed E-state index contributed by atoms with van der Waals surface area (Å²) in [6.45, 7) is 7.51. The first-order chi connectivity index (χ1) is 15.3. The van der Waals surface area contributed by atoms with E-state index < -0.39 is 0 Å². The molecule has 0 atom stereocenters. The molecule has 0 unspecified atom stereocenters. The number of furan rings is 1. The van der Waals surface area contributed by atoms with E-state index in [0.717, 1.165) is 12.0 Å². The number of rotatable bonds is 5. The second kappa shape index (κ2) is 8.91. The number of fused-ring (bicyclic) bond motifs is 1. The minimum atomic E-state index is -0.232. The number of hydrogen-bond acceptors (Lipinski definition) is 4. The summed E-state index contributed by atoms with van der Waals surface area (Å²) in [6, 6.07) is 17.0. The number of anilines is 1. The van der Waals surface area contributed by atoms with Crippen molar-refractivity contribution < 1.29 is 18.7 Å². The highest BCUT2D eigenvalue weighted by molar-refractivity contribution is 5.92. The van der Waals surface area contributed by atoms with Crippen molar-refractivity contribution in [3.8, 4) is 5.75 Å². The predicted molar refractivity (Wildman–Crippen MR) is 123 cm³/mol. The molecule has 0 saturated carbocycles. The average Bonchev–Trinajstić information content (AvgIpc) is 3.31. The van der Waals surface area contributed by atoms with Gasteiger partial charge in [0.2, 0.25) is 0 Å². The Morgan fingerprint density at radius 3 is 2.53 bits per heavy atom. The lowest BCUT2D eigenvalue weighted by Crippen LogP contribution is -2.35. The number of hydrogen-bond donors (Lipinski definition) is 1. The third kappa shape index (κ3) is 5.02. The van der Waals surface area contributed by atoms with Crippen molar-refractivity contribution in [1.82, 2.24) is 4.90 Å². The fraction of sp³-hybridized carbons (Fsp3) is 0.308. The van der Waals surface area contributed by atoms with Gasteiger partial charge in [0.1, 0.15) is 5.75 Å². The van der Waals surface area contributed by atoms with Gasteiger partial charge in [-0.25, -0.2) is 0 Å². The molecule has 0 bridgehead atoms. The molecule has 1 N–H and O–H groups in total. The van der Waals surface area contributed by atoms with Crippen molar-refractivity contribution in [1.29, 1.82) is 0 Å². The Balaban J connectivity index is 1.34. The van der Waals surface area contributed by atoms with Gasteiger partial charge in [-0.1, -0.05) is 39.0 Å². The van der Waals surface area contributed by atoms with Crippen molar-refractivity contribution in [2.75, 3.05) is 18.5 Å². The first kappa shape index (κ1) is 21.7. The van der Waals surface area contributed by atoms with Crippen LogP contribution in [-0.2, 0) is 23.2 Å². The highest BCUT2D eigenvalue weighted by Gasteiger charge is 2.23. The maximum atomic E-state index is 12.6. The van der Waals surface area contributed by atoms with Gasteiger partial charge < -0.3 is 19.4 Å². The lowest BCUT2D eigenvalue weighted by molar-refractivity contribution is -0.118. The Morgan fingerprint density at radius 2 is 1.84 bits per heavy atom. The summed E-state index contributed by atoms with van der Waals surface area (Å²) in [5.41, 5.74) is 4.17. The second-order valence-electron chi connectivity index (χ2n) is 9.05. The number of carbonyl (C=O) groups is 2. The van der Waals surface area contributed by atoms with Crippen molar-refractivity contribution in [2.24, 2.45) is 0 Å². The van der Waals surface area contributed by atoms with Crippen molar-refractivity contribution in [3.05, 3.63) is 83.3 Å². The average molecular weight is 433 g/mol. The largest absolute Gasteiger partial charge is 0.484 e. The smallest absolute Gasteiger partial charge is 0.289 e. The molecule has 0 fully saturated rings. The van der Waals surface area contributed by atoms with Crippen LogP contribution in [0.15, 0.2) is 65.3 Å². The first-order valence-corrected chi connectivity index (χ1v) is 10.8. The van der Waals surface area contributed by atoms with Crippen LogP contribution < -0.4 is 10.1 Å². The van der Waals surface area contributed by atoms with Crippen molar-refractivity contribution in [3.63, 3.8) is 0 Å². The number of amides is 2. The molecule has 32 heavy (non-hydrogen) atoms. The molecule has 3 aromatic rings. The quantitative estimate of drug-likeness (QED) is 0.629. The molecule has 6 heteroatoms. The van der Waals surface area contributed by atoms with Crippen LogP contribution in [0.4, 0.5) is 5.69 Å². The van der Waals surface area contributed by atoms with Gasteiger partial charge in [0.25, 0.3) is 11.8 Å². The Labute approximate surface area is 188 Å². The number of nitrogens with one attached hydrogen (secondary N) is 1. The molecule has 6 nitrogen and oxygen atoms in total. The topological polar surface area (TPSA) is 71.8 Å². The highest BCUT2D eigenvalue weighted by Crippen LogP contribution is 2.25. The third-order valence-corrected chi connectivity index (χ3v) is 5.61. The van der Waals surface area contributed by atoms with Gasteiger partial charge in [-0.05, 0) is 64.9 Å². The standard InChI is InChI=1S/C26H28N2O4/c1-26(2,3)20-7-10-22(11-8-20)32-17-24(29)27-21-9-6-18-12-13-28(16-19(18)15-21)25(30)23-5-4-14-31-23/h4-11,14-15H,12-13,16-17H2,1-3H3,(H,27,29). The molecule has 0 spiro atoms. The molecule has 1 aliphatic rings. The van der Waals surface area contributed by atoms with E-state index in [0.29, 0.717) is 30.3 Å². The van der Waals surface area contributed by atoms with Crippen LogP contribution in [0.5, 0.6) is 5.75 Å². The molecule has 2 heterocycles. The maximum Gasteiger partial charge on any atom is 0.289 e. The third-order valence-electron chi connectivity index (χ3n) is 5.61. The van der Waals surface area contributed by atoms with Crippen LogP contribution in [0.3, 0.4) is 0 Å². The van der Waals surface area contributed by atoms with Gasteiger partial charge in [0.05, 0.1) is 6.26 Å². The van der Waals surface area contributed by atoms with Crippen LogP contribution in [0.1, 0.15) is 48.0 Å². The van der Waals surface area contributed by atoms with E-state index in [4.69, 9.17) is 9.15 Å². The minimum Gasteiger partial charge on any atom is -0.484 e. The summed E-state index contributed by atoms with van der Waals surface area (Å²) >= 11 is 0. The van der Waals surface area contributed by atoms with E-state index >= 15 is 0 Å². The molecule has 1 aromatic heterocycles. The van der Waals surface area contributed by atoms with Gasteiger partial charge in [0.15, 0.2) is 12.4 Å². The number of nitrogens with zero attached hydrogens (tertiary/aromatic N) is 1. The number of benzene rings is 2. The SMILES string of the molecule is CC(C)(C)c1ccc(OCC(=O)Nc2ccc3c(c2)CN(C(=O)c2ccco2)CC3)cc1. The fourth-order valence-corrected chi connectivity index (χ4v) is 3.76. The zero-order valence-electron chi connectivity index (χ0n) is 18.7. The van der Waals surface area contributed by atoms with Gasteiger partial charge in [-0.15, -0.1) is 0 Å². The van der Waals surface area contributed by atoms with Crippen molar-refractivity contribution >= 4 is 17.5 Å². The van der Waals surface area contributed by atoms with Gasteiger partial charge in [-0.3, -0.25) is 9.59 Å². The summed E-state index contributed by atoms with van der Waals surface area (Å²) in [5, 5.41) is 2.88. The Kier molecular flexibility index (Phi) is 6.04. The molecule has 166 valence electrons. The van der Waals surface area contributed by atoms with E-state index in [1.165, 1.54) is 17.4 Å². The minimum absolute atomic E-state index is 0.0699. The highest BCUT2D eigenvalue weighted by atomic mass is 16.5. The first-order valence-electron chi connectivity index (χ1n) is 10.8. The van der Waals surface area contributed by atoms with E-state index in [1.807, 2.05) is 42.5 Å². The van der Waals surface area contributed by atoms with Crippen LogP contribution in [-0.4, -0.2) is 29.9 Å². The van der Waals surface area contributed by atoms with Gasteiger partial charge >= 0.3 is 0 Å². The van der Waals surface area contributed by atoms with Crippen molar-refractivity contribution in [2.45, 2.75) is 39.2 Å². The summed E-state index contributed by atoms with van der Waals surface area (Å²) in [4.78, 5) is 26.7. The molecule has 0 aliphatic carbocycles. The zero-order chi connectivity index (χ0) is 22.7. The molecule has 2 amide bonds. The Bertz CT molecular complexity index is 1100. The predicted octanol–water partition coefficient (Wildman–Crippen LogP) is 4.79. The van der Waals surface area contributed by atoms with Gasteiger partial charge in [0, 0.05) is 18.8 Å². The Morgan fingerprint density at radius 1 is 1.06 bits per heavy atom. The van der Waals surface area contributed by atoms with Crippen LogP contribution in [0.25, 0.3) is 0 Å². The second-order valence-corrected chi connectivity index (χ2v) is 9.05. The molecule has 1 aliphatic heterocycles. The molecule has 2 aromatic carbocycles. The van der Waals surface area contributed by atoms with Crippen LogP contribution >= 0.6 is 0 Å².